The Morgan fingerprint density at radius 2 is 2.06 bits per heavy atom. The van der Waals surface area contributed by atoms with Crippen LogP contribution in [0.4, 0.5) is 0 Å². The lowest BCUT2D eigenvalue weighted by Gasteiger charge is -2.15. The smallest absolute Gasteiger partial charge is 0.321 e. The molecule has 0 amide bonds. The summed E-state index contributed by atoms with van der Waals surface area (Å²) >= 11 is 0. The third-order valence-electron chi connectivity index (χ3n) is 2.28. The van der Waals surface area contributed by atoms with Gasteiger partial charge in [0.2, 0.25) is 5.09 Å². The summed E-state index contributed by atoms with van der Waals surface area (Å²) in [5.74, 6) is -0.686. The predicted octanol–water partition coefficient (Wildman–Crippen LogP) is 1.37. The number of nitrogens with one attached hydrogen (secondary N) is 1. The van der Waals surface area contributed by atoms with Gasteiger partial charge in [-0.05, 0) is 31.4 Å². The number of furan rings is 1. The molecule has 0 aliphatic heterocycles. The fourth-order valence-corrected chi connectivity index (χ4v) is 2.65. The van der Waals surface area contributed by atoms with Gasteiger partial charge in [-0.3, -0.25) is 4.79 Å². The van der Waals surface area contributed by atoms with Gasteiger partial charge in [0.1, 0.15) is 11.8 Å². The number of sulfonamides is 1. The lowest BCUT2D eigenvalue weighted by molar-refractivity contribution is -0.139. The summed E-state index contributed by atoms with van der Waals surface area (Å²) < 4.78 is 30.9. The Labute approximate surface area is 106 Å². The molecule has 0 aliphatic carbocycles. The van der Waals surface area contributed by atoms with Crippen LogP contribution >= 0.6 is 0 Å². The topological polar surface area (TPSA) is 96.6 Å². The van der Waals surface area contributed by atoms with Crippen LogP contribution in [0, 0.1) is 12.8 Å². The summed E-state index contributed by atoms with van der Waals surface area (Å²) in [6.45, 7) is 5.25. The van der Waals surface area contributed by atoms with E-state index in [2.05, 4.69) is 4.72 Å². The van der Waals surface area contributed by atoms with E-state index in [4.69, 9.17) is 9.52 Å². The summed E-state index contributed by atoms with van der Waals surface area (Å²) in [5.41, 5.74) is 0. The predicted molar refractivity (Wildman–Crippen MR) is 64.6 cm³/mol. The van der Waals surface area contributed by atoms with Crippen LogP contribution in [-0.2, 0) is 14.8 Å². The van der Waals surface area contributed by atoms with Gasteiger partial charge < -0.3 is 9.52 Å². The van der Waals surface area contributed by atoms with Gasteiger partial charge in [-0.15, -0.1) is 0 Å². The molecule has 102 valence electrons. The minimum Gasteiger partial charge on any atom is -0.480 e. The molecule has 1 aromatic heterocycles. The van der Waals surface area contributed by atoms with Crippen molar-refractivity contribution in [2.24, 2.45) is 5.92 Å². The lowest BCUT2D eigenvalue weighted by atomic mass is 10.1. The second kappa shape index (κ2) is 5.53. The van der Waals surface area contributed by atoms with E-state index in [1.54, 1.807) is 6.92 Å². The number of rotatable bonds is 6. The first kappa shape index (κ1) is 14.7. The zero-order valence-electron chi connectivity index (χ0n) is 10.5. The highest BCUT2D eigenvalue weighted by Crippen LogP contribution is 2.15. The van der Waals surface area contributed by atoms with E-state index in [9.17, 15) is 13.2 Å². The van der Waals surface area contributed by atoms with Crippen molar-refractivity contribution in [1.82, 2.24) is 4.72 Å². The van der Waals surface area contributed by atoms with Gasteiger partial charge in [-0.2, -0.15) is 4.72 Å². The molecule has 1 aromatic rings. The molecular formula is C11H17NO5S. The Balaban J connectivity index is 2.89. The van der Waals surface area contributed by atoms with Gasteiger partial charge in [0, 0.05) is 0 Å². The first-order valence-electron chi connectivity index (χ1n) is 5.54. The first-order chi connectivity index (χ1) is 8.22. The highest BCUT2D eigenvalue weighted by atomic mass is 32.2. The monoisotopic (exact) mass is 275 g/mol. The molecule has 0 radical (unpaired) electrons. The van der Waals surface area contributed by atoms with Gasteiger partial charge in [-0.1, -0.05) is 13.8 Å². The van der Waals surface area contributed by atoms with Gasteiger partial charge in [0.05, 0.1) is 0 Å². The highest BCUT2D eigenvalue weighted by Gasteiger charge is 2.27. The van der Waals surface area contributed by atoms with Crippen LogP contribution in [-0.4, -0.2) is 25.5 Å². The molecule has 0 bridgehead atoms. The van der Waals surface area contributed by atoms with Gasteiger partial charge in [0.25, 0.3) is 10.0 Å². The van der Waals surface area contributed by atoms with Crippen molar-refractivity contribution in [1.29, 1.82) is 0 Å². The van der Waals surface area contributed by atoms with Crippen LogP contribution in [0.15, 0.2) is 21.6 Å². The maximum absolute atomic E-state index is 11.9. The van der Waals surface area contributed by atoms with Gasteiger partial charge in [0.15, 0.2) is 0 Å². The normalized spacial score (nSPS) is 13.8. The number of hydrogen-bond acceptors (Lipinski definition) is 4. The summed E-state index contributed by atoms with van der Waals surface area (Å²) in [5, 5.41) is 8.71. The van der Waals surface area contributed by atoms with Crippen molar-refractivity contribution in [2.75, 3.05) is 0 Å². The number of carboxylic acids is 1. The zero-order chi connectivity index (χ0) is 13.9. The summed E-state index contributed by atoms with van der Waals surface area (Å²) in [7, 11) is -3.93. The number of hydrogen-bond donors (Lipinski definition) is 2. The molecule has 0 saturated heterocycles. The van der Waals surface area contributed by atoms with Crippen molar-refractivity contribution < 1.29 is 22.7 Å². The molecule has 0 unspecified atom stereocenters. The Morgan fingerprint density at radius 3 is 2.44 bits per heavy atom. The molecule has 1 heterocycles. The van der Waals surface area contributed by atoms with E-state index in [0.717, 1.165) is 0 Å². The third kappa shape index (κ3) is 3.85. The Morgan fingerprint density at radius 1 is 1.44 bits per heavy atom. The van der Waals surface area contributed by atoms with E-state index in [1.165, 1.54) is 12.1 Å². The quantitative estimate of drug-likeness (QED) is 0.817. The van der Waals surface area contributed by atoms with Crippen molar-refractivity contribution in [2.45, 2.75) is 38.3 Å². The van der Waals surface area contributed by atoms with E-state index in [-0.39, 0.29) is 17.4 Å². The Bertz CT molecular complexity index is 517. The van der Waals surface area contributed by atoms with Gasteiger partial charge >= 0.3 is 5.97 Å². The van der Waals surface area contributed by atoms with Crippen LogP contribution in [0.1, 0.15) is 26.0 Å². The Hall–Kier alpha value is -1.34. The van der Waals surface area contributed by atoms with E-state index in [1.807, 2.05) is 13.8 Å². The molecule has 7 heteroatoms. The molecular weight excluding hydrogens is 258 g/mol. The summed E-state index contributed by atoms with van der Waals surface area (Å²) in [6, 6.07) is 1.65. The molecule has 0 saturated carbocycles. The largest absolute Gasteiger partial charge is 0.480 e. The number of aliphatic carboxylic acids is 1. The van der Waals surface area contributed by atoms with Gasteiger partial charge in [-0.25, -0.2) is 8.42 Å². The van der Waals surface area contributed by atoms with Crippen LogP contribution < -0.4 is 4.72 Å². The minimum absolute atomic E-state index is 0.0622. The number of aryl methyl sites for hydroxylation is 1. The molecule has 0 aromatic carbocycles. The molecule has 0 aliphatic rings. The average Bonchev–Trinajstić information content (AvgIpc) is 2.63. The van der Waals surface area contributed by atoms with E-state index >= 15 is 0 Å². The molecule has 0 fully saturated rings. The van der Waals surface area contributed by atoms with Crippen molar-refractivity contribution >= 4 is 16.0 Å². The fraction of sp³-hybridized carbons (Fsp3) is 0.545. The number of carboxylic acid groups (broad SMARTS) is 1. The van der Waals surface area contributed by atoms with Crippen LogP contribution in [0.5, 0.6) is 0 Å². The minimum atomic E-state index is -3.93. The Kier molecular flexibility index (Phi) is 4.53. The van der Waals surface area contributed by atoms with Crippen molar-refractivity contribution in [3.8, 4) is 0 Å². The third-order valence-corrected chi connectivity index (χ3v) is 3.63. The molecule has 0 spiro atoms. The zero-order valence-corrected chi connectivity index (χ0v) is 11.3. The number of carbonyl (C=O) groups is 1. The SMILES string of the molecule is Cc1ccc(S(=O)(=O)N[C@@H](CC(C)C)C(=O)O)o1. The van der Waals surface area contributed by atoms with Crippen LogP contribution in [0.25, 0.3) is 0 Å². The van der Waals surface area contributed by atoms with Crippen LogP contribution in [0.2, 0.25) is 0 Å². The molecule has 1 rings (SSSR count). The average molecular weight is 275 g/mol. The van der Waals surface area contributed by atoms with E-state index in [0.29, 0.717) is 5.76 Å². The molecule has 18 heavy (non-hydrogen) atoms. The maximum atomic E-state index is 11.9. The fourth-order valence-electron chi connectivity index (χ4n) is 1.47. The summed E-state index contributed by atoms with van der Waals surface area (Å²) in [4.78, 5) is 11.0. The van der Waals surface area contributed by atoms with Crippen molar-refractivity contribution in [3.63, 3.8) is 0 Å². The summed E-state index contributed by atoms with van der Waals surface area (Å²) in [6.07, 6.45) is 0.217. The highest BCUT2D eigenvalue weighted by molar-refractivity contribution is 7.89. The second-order valence-electron chi connectivity index (χ2n) is 4.51. The molecule has 2 N–H and O–H groups in total. The molecule has 6 nitrogen and oxygen atoms in total. The second-order valence-corrected chi connectivity index (χ2v) is 6.15. The van der Waals surface area contributed by atoms with Crippen LogP contribution in [0.3, 0.4) is 0 Å². The lowest BCUT2D eigenvalue weighted by Crippen LogP contribution is -2.41. The van der Waals surface area contributed by atoms with Crippen molar-refractivity contribution in [3.05, 3.63) is 17.9 Å². The first-order valence-corrected chi connectivity index (χ1v) is 7.02. The maximum Gasteiger partial charge on any atom is 0.321 e. The van der Waals surface area contributed by atoms with E-state index < -0.39 is 22.0 Å². The standard InChI is InChI=1S/C11H17NO5S/c1-7(2)6-9(11(13)14)12-18(15,16)10-5-4-8(3)17-10/h4-5,7,9,12H,6H2,1-3H3,(H,13,14)/t9-/m0/s1. The molecule has 1 atom stereocenters.